The van der Waals surface area contributed by atoms with Gasteiger partial charge < -0.3 is 4.42 Å². The van der Waals surface area contributed by atoms with Crippen LogP contribution in [0.3, 0.4) is 0 Å². The Hall–Kier alpha value is -2.76. The first-order valence-electron chi connectivity index (χ1n) is 5.65. The third-order valence-electron chi connectivity index (χ3n) is 2.68. The van der Waals surface area contributed by atoms with E-state index in [1.54, 1.807) is 12.1 Å². The van der Waals surface area contributed by atoms with E-state index >= 15 is 0 Å². The lowest BCUT2D eigenvalue weighted by Crippen LogP contribution is -2.08. The van der Waals surface area contributed by atoms with Crippen LogP contribution in [0.5, 0.6) is 0 Å². The van der Waals surface area contributed by atoms with Crippen LogP contribution in [0.25, 0.3) is 11.0 Å². The molecule has 3 rings (SSSR count). The van der Waals surface area contributed by atoms with Gasteiger partial charge in [0.15, 0.2) is 0 Å². The van der Waals surface area contributed by atoms with Crippen molar-refractivity contribution in [3.05, 3.63) is 52.1 Å². The topological polar surface area (TPSA) is 84.1 Å². The third kappa shape index (κ3) is 2.15. The number of aryl methyl sites for hydroxylation is 1. The molecule has 2 aromatic heterocycles. The van der Waals surface area contributed by atoms with Crippen LogP contribution in [0.4, 0.5) is 5.95 Å². The average Bonchev–Trinajstić information content (AvgIpc) is 2.92. The van der Waals surface area contributed by atoms with E-state index in [4.69, 9.17) is 4.42 Å². The van der Waals surface area contributed by atoms with E-state index in [1.165, 1.54) is 18.8 Å². The van der Waals surface area contributed by atoms with Crippen LogP contribution in [0, 0.1) is 6.92 Å². The molecule has 0 aliphatic rings. The quantitative estimate of drug-likeness (QED) is 0.708. The Morgan fingerprint density at radius 3 is 3.11 bits per heavy atom. The second-order valence-corrected chi connectivity index (χ2v) is 4.09. The highest BCUT2D eigenvalue weighted by Crippen LogP contribution is 2.12. The molecule has 0 fully saturated rings. The van der Waals surface area contributed by atoms with E-state index in [-0.39, 0.29) is 5.43 Å². The molecule has 0 saturated carbocycles. The van der Waals surface area contributed by atoms with Crippen LogP contribution in [-0.2, 0) is 0 Å². The van der Waals surface area contributed by atoms with E-state index in [9.17, 15) is 4.79 Å². The molecule has 0 radical (unpaired) electrons. The first-order valence-corrected chi connectivity index (χ1v) is 5.65. The van der Waals surface area contributed by atoms with Gasteiger partial charge >= 0.3 is 0 Å². The van der Waals surface area contributed by atoms with E-state index < -0.39 is 0 Å². The first kappa shape index (κ1) is 11.3. The highest BCUT2D eigenvalue weighted by molar-refractivity contribution is 5.87. The van der Waals surface area contributed by atoms with Crippen molar-refractivity contribution in [2.75, 3.05) is 0 Å². The fourth-order valence-electron chi connectivity index (χ4n) is 1.74. The Labute approximate surface area is 107 Å². The summed E-state index contributed by atoms with van der Waals surface area (Å²) in [5.74, 6) is 0.337. The number of hydrogen-bond donors (Lipinski definition) is 1. The van der Waals surface area contributed by atoms with Crippen LogP contribution >= 0.6 is 0 Å². The molecule has 6 heteroatoms. The molecule has 1 N–H and O–H groups in total. The van der Waals surface area contributed by atoms with Crippen molar-refractivity contribution in [1.29, 1.82) is 0 Å². The van der Waals surface area contributed by atoms with Crippen molar-refractivity contribution in [3.8, 4) is 0 Å². The molecular formula is C13H10N4O2. The maximum Gasteiger partial charge on any atom is 0.245 e. The van der Waals surface area contributed by atoms with Crippen molar-refractivity contribution in [1.82, 2.24) is 15.2 Å². The minimum atomic E-state index is -0.117. The zero-order valence-corrected chi connectivity index (χ0v) is 10.1. The fourth-order valence-corrected chi connectivity index (χ4v) is 1.74. The molecule has 19 heavy (non-hydrogen) atoms. The molecule has 0 atom stereocenters. The molecule has 94 valence electrons. The van der Waals surface area contributed by atoms with Gasteiger partial charge in [0, 0.05) is 6.21 Å². The summed E-state index contributed by atoms with van der Waals surface area (Å²) in [7, 11) is 0. The number of aliphatic imine (C=N–C) groups is 1. The molecule has 6 nitrogen and oxygen atoms in total. The largest absolute Gasteiger partial charge is 0.463 e. The summed E-state index contributed by atoms with van der Waals surface area (Å²) < 4.78 is 5.41. The Balaban J connectivity index is 2.10. The van der Waals surface area contributed by atoms with Gasteiger partial charge in [0.2, 0.25) is 11.4 Å². The number of nitrogens with zero attached hydrogens (tertiary/aromatic N) is 3. The van der Waals surface area contributed by atoms with Crippen LogP contribution in [0.1, 0.15) is 11.1 Å². The number of rotatable bonds is 2. The van der Waals surface area contributed by atoms with Gasteiger partial charge in [0.1, 0.15) is 18.2 Å². The van der Waals surface area contributed by atoms with Crippen LogP contribution in [0.2, 0.25) is 0 Å². The normalized spacial score (nSPS) is 11.4. The molecule has 0 aliphatic carbocycles. The maximum absolute atomic E-state index is 12.2. The summed E-state index contributed by atoms with van der Waals surface area (Å²) in [6.07, 6.45) is 4.15. The lowest BCUT2D eigenvalue weighted by atomic mass is 10.1. The van der Waals surface area contributed by atoms with Crippen LogP contribution in [0.15, 0.2) is 45.0 Å². The van der Waals surface area contributed by atoms with Gasteiger partial charge in [-0.15, -0.1) is 0 Å². The molecular weight excluding hydrogens is 244 g/mol. The van der Waals surface area contributed by atoms with Gasteiger partial charge in [-0.3, -0.25) is 4.79 Å². The summed E-state index contributed by atoms with van der Waals surface area (Å²) in [5.41, 5.74) is 1.82. The smallest absolute Gasteiger partial charge is 0.245 e. The summed E-state index contributed by atoms with van der Waals surface area (Å²) >= 11 is 0. The van der Waals surface area contributed by atoms with Crippen molar-refractivity contribution in [2.24, 2.45) is 4.99 Å². The van der Waals surface area contributed by atoms with Crippen molar-refractivity contribution in [2.45, 2.75) is 6.92 Å². The zero-order chi connectivity index (χ0) is 13.2. The molecule has 0 bridgehead atoms. The maximum atomic E-state index is 12.2. The number of hydrogen-bond acceptors (Lipinski definition) is 5. The lowest BCUT2D eigenvalue weighted by molar-refractivity contribution is 0.601. The molecule has 1 aromatic carbocycles. The zero-order valence-electron chi connectivity index (χ0n) is 10.1. The van der Waals surface area contributed by atoms with Crippen LogP contribution in [-0.4, -0.2) is 21.4 Å². The first-order chi connectivity index (χ1) is 9.24. The summed E-state index contributed by atoms with van der Waals surface area (Å²) in [6, 6.07) is 5.48. The second kappa shape index (κ2) is 4.49. The predicted octanol–water partition coefficient (Wildman–Crippen LogP) is 1.97. The van der Waals surface area contributed by atoms with E-state index in [1.807, 2.05) is 13.0 Å². The van der Waals surface area contributed by atoms with Gasteiger partial charge in [-0.1, -0.05) is 11.6 Å². The molecule has 0 saturated heterocycles. The molecule has 0 aliphatic heterocycles. The summed E-state index contributed by atoms with van der Waals surface area (Å²) in [6.45, 7) is 1.92. The number of H-pyrrole nitrogens is 1. The third-order valence-corrected chi connectivity index (χ3v) is 2.68. The van der Waals surface area contributed by atoms with Crippen molar-refractivity contribution >= 4 is 23.1 Å². The van der Waals surface area contributed by atoms with E-state index in [2.05, 4.69) is 20.2 Å². The Bertz CT molecular complexity index is 803. The number of benzene rings is 1. The molecule has 3 aromatic rings. The molecule has 0 unspecified atom stereocenters. The van der Waals surface area contributed by atoms with Crippen molar-refractivity contribution < 1.29 is 4.42 Å². The summed E-state index contributed by atoms with van der Waals surface area (Å²) in [5, 5.41) is 6.79. The lowest BCUT2D eigenvalue weighted by Gasteiger charge is -1.99. The van der Waals surface area contributed by atoms with Gasteiger partial charge in [0.25, 0.3) is 0 Å². The average molecular weight is 254 g/mol. The standard InChI is InChI=1S/C13H10N4O2/c1-8-2-3-11-10(4-8)12(18)9(6-19-11)5-14-13-15-7-16-17-13/h2-7H,1H3,(H,15,16,17)/b14-5+. The molecule has 2 heterocycles. The van der Waals surface area contributed by atoms with Gasteiger partial charge in [-0.25, -0.2) is 10.1 Å². The Kier molecular flexibility index (Phi) is 2.68. The number of nitrogens with one attached hydrogen (secondary N) is 1. The van der Waals surface area contributed by atoms with Crippen molar-refractivity contribution in [3.63, 3.8) is 0 Å². The van der Waals surface area contributed by atoms with E-state index in [0.29, 0.717) is 22.5 Å². The Morgan fingerprint density at radius 1 is 1.42 bits per heavy atom. The van der Waals surface area contributed by atoms with Gasteiger partial charge in [-0.05, 0) is 19.1 Å². The summed E-state index contributed by atoms with van der Waals surface area (Å²) in [4.78, 5) is 20.1. The number of aromatic amines is 1. The minimum absolute atomic E-state index is 0.117. The number of fused-ring (bicyclic) bond motifs is 1. The highest BCUT2D eigenvalue weighted by Gasteiger charge is 2.05. The molecule has 0 spiro atoms. The predicted molar refractivity (Wildman–Crippen MR) is 70.9 cm³/mol. The fraction of sp³-hybridized carbons (Fsp3) is 0.0769. The minimum Gasteiger partial charge on any atom is -0.463 e. The SMILES string of the molecule is Cc1ccc2occ(/C=N/c3ncn[nH]3)c(=O)c2c1. The second-order valence-electron chi connectivity index (χ2n) is 4.09. The van der Waals surface area contributed by atoms with Gasteiger partial charge in [0.05, 0.1) is 10.9 Å². The van der Waals surface area contributed by atoms with E-state index in [0.717, 1.165) is 5.56 Å². The monoisotopic (exact) mass is 254 g/mol. The molecule has 0 amide bonds. The Morgan fingerprint density at radius 2 is 2.32 bits per heavy atom. The highest BCUT2D eigenvalue weighted by atomic mass is 16.3. The number of aromatic nitrogens is 3. The van der Waals surface area contributed by atoms with Gasteiger partial charge in [-0.2, -0.15) is 10.1 Å². The van der Waals surface area contributed by atoms with Crippen LogP contribution < -0.4 is 5.43 Å².